The molecule has 4 aromatic rings. The zero-order valence-corrected chi connectivity index (χ0v) is 17.0. The fraction of sp³-hybridized carbons (Fsp3) is 0.160. The van der Waals surface area contributed by atoms with E-state index in [1.165, 1.54) is 12.1 Å². The van der Waals surface area contributed by atoms with Crippen LogP contribution in [0, 0.1) is 19.7 Å². The smallest absolute Gasteiger partial charge is 0.235 e. The first kappa shape index (κ1) is 19.7. The number of methoxy groups -OCH3 is 1. The number of benzene rings is 3. The van der Waals surface area contributed by atoms with Gasteiger partial charge in [-0.05, 0) is 73.0 Å². The normalized spacial score (nSPS) is 10.9. The highest BCUT2D eigenvalue weighted by molar-refractivity contribution is 5.85. The Labute approximate surface area is 173 Å². The maximum Gasteiger partial charge on any atom is 0.235 e. The van der Waals surface area contributed by atoms with Crippen molar-refractivity contribution in [3.63, 3.8) is 0 Å². The van der Waals surface area contributed by atoms with Crippen LogP contribution in [0.5, 0.6) is 11.5 Å². The lowest BCUT2D eigenvalue weighted by Gasteiger charge is -2.13. The quantitative estimate of drug-likeness (QED) is 0.422. The summed E-state index contributed by atoms with van der Waals surface area (Å²) in [6.45, 7) is 3.95. The van der Waals surface area contributed by atoms with Gasteiger partial charge in [-0.1, -0.05) is 18.2 Å². The van der Waals surface area contributed by atoms with Gasteiger partial charge in [-0.15, -0.1) is 0 Å². The van der Waals surface area contributed by atoms with Crippen molar-refractivity contribution in [1.29, 1.82) is 0 Å². The number of ether oxygens (including phenoxy) is 2. The predicted molar refractivity (Wildman–Crippen MR) is 115 cm³/mol. The molecule has 0 saturated heterocycles. The molecule has 0 aliphatic carbocycles. The predicted octanol–water partition coefficient (Wildman–Crippen LogP) is 5.80. The van der Waals surface area contributed by atoms with Crippen molar-refractivity contribution in [3.8, 4) is 22.8 Å². The average Bonchev–Trinajstić information content (AvgIpc) is 2.73. The van der Waals surface area contributed by atoms with E-state index in [1.54, 1.807) is 31.4 Å². The lowest BCUT2D eigenvalue weighted by Crippen LogP contribution is -2.11. The number of fused-ring (bicyclic) bond motifs is 1. The first-order valence-corrected chi connectivity index (χ1v) is 9.56. The molecule has 3 aromatic carbocycles. The second-order valence-corrected chi connectivity index (χ2v) is 7.19. The van der Waals surface area contributed by atoms with Gasteiger partial charge in [-0.2, -0.15) is 0 Å². The van der Waals surface area contributed by atoms with Gasteiger partial charge in [0.15, 0.2) is 5.76 Å². The van der Waals surface area contributed by atoms with Gasteiger partial charge in [0.2, 0.25) is 11.2 Å². The summed E-state index contributed by atoms with van der Waals surface area (Å²) in [5.74, 6) is 0.849. The molecule has 4 nitrogen and oxygen atoms in total. The van der Waals surface area contributed by atoms with Gasteiger partial charge in [0.05, 0.1) is 12.5 Å². The summed E-state index contributed by atoms with van der Waals surface area (Å²) >= 11 is 0. The van der Waals surface area contributed by atoms with Crippen LogP contribution in [-0.4, -0.2) is 7.11 Å². The monoisotopic (exact) mass is 404 g/mol. The molecule has 0 fully saturated rings. The maximum absolute atomic E-state index is 13.4. The highest BCUT2D eigenvalue weighted by Crippen LogP contribution is 2.33. The molecule has 0 N–H and O–H groups in total. The molecule has 1 aromatic heterocycles. The lowest BCUT2D eigenvalue weighted by molar-refractivity contribution is 0.297. The molecule has 0 bridgehead atoms. The fourth-order valence-electron chi connectivity index (χ4n) is 3.47. The molecule has 0 saturated carbocycles. The van der Waals surface area contributed by atoms with E-state index in [9.17, 15) is 9.18 Å². The Balaban J connectivity index is 1.86. The van der Waals surface area contributed by atoms with E-state index in [1.807, 2.05) is 38.1 Å². The topological polar surface area (TPSA) is 48.7 Å². The molecular weight excluding hydrogens is 383 g/mol. The van der Waals surface area contributed by atoms with Gasteiger partial charge in [-0.3, -0.25) is 4.79 Å². The molecule has 0 radical (unpaired) electrons. The summed E-state index contributed by atoms with van der Waals surface area (Å²) in [7, 11) is 1.59. The van der Waals surface area contributed by atoms with Crippen molar-refractivity contribution in [2.75, 3.05) is 7.11 Å². The van der Waals surface area contributed by atoms with E-state index in [-0.39, 0.29) is 23.6 Å². The third kappa shape index (κ3) is 3.79. The molecule has 0 aliphatic heterocycles. The molecule has 152 valence electrons. The number of halogens is 1. The molecule has 30 heavy (non-hydrogen) atoms. The Morgan fingerprint density at radius 2 is 1.67 bits per heavy atom. The van der Waals surface area contributed by atoms with Crippen LogP contribution in [0.3, 0.4) is 0 Å². The Morgan fingerprint density at radius 3 is 2.33 bits per heavy atom. The van der Waals surface area contributed by atoms with Gasteiger partial charge >= 0.3 is 0 Å². The molecule has 0 atom stereocenters. The Morgan fingerprint density at radius 1 is 0.967 bits per heavy atom. The van der Waals surface area contributed by atoms with Gasteiger partial charge in [-0.25, -0.2) is 4.39 Å². The van der Waals surface area contributed by atoms with Crippen molar-refractivity contribution in [2.24, 2.45) is 0 Å². The first-order valence-electron chi connectivity index (χ1n) is 9.56. The summed E-state index contributed by atoms with van der Waals surface area (Å²) in [6.07, 6.45) is 0. The molecular formula is C25H21FO4. The fourth-order valence-corrected chi connectivity index (χ4v) is 3.47. The molecule has 0 amide bonds. The minimum Gasteiger partial charge on any atom is -0.497 e. The van der Waals surface area contributed by atoms with Crippen LogP contribution in [0.4, 0.5) is 4.39 Å². The van der Waals surface area contributed by atoms with E-state index in [2.05, 4.69) is 0 Å². The van der Waals surface area contributed by atoms with E-state index in [0.717, 1.165) is 16.7 Å². The van der Waals surface area contributed by atoms with Crippen LogP contribution in [0.25, 0.3) is 22.3 Å². The Kier molecular flexibility index (Phi) is 5.27. The van der Waals surface area contributed by atoms with Crippen LogP contribution in [0.2, 0.25) is 0 Å². The maximum atomic E-state index is 13.4. The van der Waals surface area contributed by atoms with E-state index < -0.39 is 0 Å². The van der Waals surface area contributed by atoms with Crippen LogP contribution in [-0.2, 0) is 6.61 Å². The van der Waals surface area contributed by atoms with Gasteiger partial charge in [0, 0.05) is 5.56 Å². The number of hydrogen-bond acceptors (Lipinski definition) is 4. The SMILES string of the molecule is COc1ccc(-c2oc3cc(C)cc(C)c3c(=O)c2OCc2ccc(F)cc2)cc1. The van der Waals surface area contributed by atoms with Crippen molar-refractivity contribution in [2.45, 2.75) is 20.5 Å². The second-order valence-electron chi connectivity index (χ2n) is 7.19. The molecule has 0 unspecified atom stereocenters. The van der Waals surface area contributed by atoms with Crippen molar-refractivity contribution < 1.29 is 18.3 Å². The first-order chi connectivity index (χ1) is 14.5. The van der Waals surface area contributed by atoms with Gasteiger partial charge in [0.1, 0.15) is 23.8 Å². The van der Waals surface area contributed by atoms with E-state index in [0.29, 0.717) is 28.0 Å². The highest BCUT2D eigenvalue weighted by Gasteiger charge is 2.19. The second kappa shape index (κ2) is 8.03. The summed E-state index contributed by atoms with van der Waals surface area (Å²) in [5.41, 5.74) is 3.55. The number of hydrogen-bond donors (Lipinski definition) is 0. The van der Waals surface area contributed by atoms with Crippen molar-refractivity contribution in [1.82, 2.24) is 0 Å². The molecule has 5 heteroatoms. The average molecular weight is 404 g/mol. The minimum atomic E-state index is -0.325. The largest absolute Gasteiger partial charge is 0.497 e. The standard InChI is InChI=1S/C25H21FO4/c1-15-12-16(2)22-21(13-15)30-24(18-6-10-20(28-3)11-7-18)25(23(22)27)29-14-17-4-8-19(26)9-5-17/h4-13H,14H2,1-3H3. The number of rotatable bonds is 5. The third-order valence-corrected chi connectivity index (χ3v) is 4.94. The minimum absolute atomic E-state index is 0.116. The van der Waals surface area contributed by atoms with Crippen molar-refractivity contribution in [3.05, 3.63) is 93.4 Å². The van der Waals surface area contributed by atoms with Crippen LogP contribution in [0.1, 0.15) is 16.7 Å². The third-order valence-electron chi connectivity index (χ3n) is 4.94. The molecule has 1 heterocycles. The molecule has 0 aliphatic rings. The summed E-state index contributed by atoms with van der Waals surface area (Å²) in [5, 5.41) is 0.493. The van der Waals surface area contributed by atoms with E-state index in [4.69, 9.17) is 13.9 Å². The van der Waals surface area contributed by atoms with Gasteiger partial charge in [0.25, 0.3) is 0 Å². The summed E-state index contributed by atoms with van der Waals surface area (Å²) in [6, 6.07) is 17.0. The molecule has 4 rings (SSSR count). The van der Waals surface area contributed by atoms with Gasteiger partial charge < -0.3 is 13.9 Å². The Bertz CT molecular complexity index is 1260. The highest BCUT2D eigenvalue weighted by atomic mass is 19.1. The van der Waals surface area contributed by atoms with Crippen LogP contribution in [0.15, 0.2) is 69.9 Å². The van der Waals surface area contributed by atoms with Crippen LogP contribution < -0.4 is 14.9 Å². The summed E-state index contributed by atoms with van der Waals surface area (Å²) in [4.78, 5) is 13.4. The zero-order valence-electron chi connectivity index (χ0n) is 17.0. The Hall–Kier alpha value is -3.60. The number of aryl methyl sites for hydroxylation is 2. The van der Waals surface area contributed by atoms with E-state index >= 15 is 0 Å². The van der Waals surface area contributed by atoms with Crippen LogP contribution >= 0.6 is 0 Å². The molecule has 0 spiro atoms. The lowest BCUT2D eigenvalue weighted by atomic mass is 10.0. The zero-order chi connectivity index (χ0) is 21.3. The van der Waals surface area contributed by atoms with Crippen molar-refractivity contribution >= 4 is 11.0 Å². The summed E-state index contributed by atoms with van der Waals surface area (Å²) < 4.78 is 30.5.